The van der Waals surface area contributed by atoms with Crippen LogP contribution in [0.1, 0.15) is 31.4 Å². The largest absolute Gasteiger partial charge is 0.372 e. The number of rotatable bonds is 5. The van der Waals surface area contributed by atoms with E-state index < -0.39 is 10.0 Å². The molecular formula is C17H26N2O4S. The molecule has 7 heteroatoms. The molecular weight excluding hydrogens is 328 g/mol. The lowest BCUT2D eigenvalue weighted by Gasteiger charge is -2.35. The number of amides is 1. The highest BCUT2D eigenvalue weighted by Crippen LogP contribution is 2.15. The molecule has 6 nitrogen and oxygen atoms in total. The minimum Gasteiger partial charge on any atom is -0.372 e. The minimum atomic E-state index is -3.59. The smallest absolute Gasteiger partial charge is 0.240 e. The van der Waals surface area contributed by atoms with E-state index in [0.717, 1.165) is 11.1 Å². The van der Waals surface area contributed by atoms with Gasteiger partial charge in [-0.3, -0.25) is 4.79 Å². The number of sulfonamides is 1. The molecule has 0 unspecified atom stereocenters. The predicted octanol–water partition coefficient (Wildman–Crippen LogP) is 1.61. The van der Waals surface area contributed by atoms with Gasteiger partial charge in [-0.25, -0.2) is 13.1 Å². The van der Waals surface area contributed by atoms with Crippen LogP contribution in [0.3, 0.4) is 0 Å². The summed E-state index contributed by atoms with van der Waals surface area (Å²) in [5.41, 5.74) is 1.96. The molecule has 1 heterocycles. The third kappa shape index (κ3) is 4.78. The first-order valence-corrected chi connectivity index (χ1v) is 9.67. The van der Waals surface area contributed by atoms with Gasteiger partial charge in [-0.2, -0.15) is 0 Å². The van der Waals surface area contributed by atoms with Crippen molar-refractivity contribution in [3.05, 3.63) is 29.3 Å². The molecule has 24 heavy (non-hydrogen) atoms. The van der Waals surface area contributed by atoms with Crippen molar-refractivity contribution in [2.75, 3.05) is 19.6 Å². The monoisotopic (exact) mass is 354 g/mol. The lowest BCUT2D eigenvalue weighted by molar-refractivity contribution is -0.143. The number of ether oxygens (including phenoxy) is 1. The zero-order chi connectivity index (χ0) is 17.9. The van der Waals surface area contributed by atoms with Crippen LogP contribution in [0, 0.1) is 13.8 Å². The molecule has 0 spiro atoms. The fourth-order valence-corrected chi connectivity index (χ4v) is 3.91. The van der Waals surface area contributed by atoms with E-state index in [1.54, 1.807) is 23.1 Å². The van der Waals surface area contributed by atoms with Crippen LogP contribution < -0.4 is 4.72 Å². The Morgan fingerprint density at radius 3 is 2.42 bits per heavy atom. The van der Waals surface area contributed by atoms with Gasteiger partial charge in [0.05, 0.1) is 17.1 Å². The second kappa shape index (κ2) is 7.63. The standard InChI is InChI=1S/C17H26N2O4S/c1-12-5-6-16(9-13(12)2)24(21,22)18-8-7-17(20)19-10-14(3)23-15(4)11-19/h5-6,9,14-15,18H,7-8,10-11H2,1-4H3/t14-,15-/m0/s1. The van der Waals surface area contributed by atoms with Crippen LogP contribution in [-0.2, 0) is 19.6 Å². The van der Waals surface area contributed by atoms with Crippen molar-refractivity contribution in [3.8, 4) is 0 Å². The van der Waals surface area contributed by atoms with Crippen LogP contribution in [0.25, 0.3) is 0 Å². The summed E-state index contributed by atoms with van der Waals surface area (Å²) in [4.78, 5) is 14.2. The van der Waals surface area contributed by atoms with Gasteiger partial charge >= 0.3 is 0 Å². The van der Waals surface area contributed by atoms with Gasteiger partial charge < -0.3 is 9.64 Å². The van der Waals surface area contributed by atoms with Gasteiger partial charge in [-0.05, 0) is 51.0 Å². The summed E-state index contributed by atoms with van der Waals surface area (Å²) in [5, 5.41) is 0. The molecule has 2 atom stereocenters. The molecule has 0 aromatic heterocycles. The number of benzene rings is 1. The fraction of sp³-hybridized carbons (Fsp3) is 0.588. The highest BCUT2D eigenvalue weighted by Gasteiger charge is 2.25. The van der Waals surface area contributed by atoms with Gasteiger partial charge in [0.15, 0.2) is 0 Å². The van der Waals surface area contributed by atoms with Gasteiger partial charge in [-0.1, -0.05) is 6.07 Å². The first-order chi connectivity index (χ1) is 11.2. The number of nitrogens with one attached hydrogen (secondary N) is 1. The summed E-state index contributed by atoms with van der Waals surface area (Å²) in [6, 6.07) is 5.01. The fourth-order valence-electron chi connectivity index (χ4n) is 2.80. The average Bonchev–Trinajstić information content (AvgIpc) is 2.48. The molecule has 2 rings (SSSR count). The van der Waals surface area contributed by atoms with Crippen LogP contribution in [0.2, 0.25) is 0 Å². The van der Waals surface area contributed by atoms with Gasteiger partial charge in [0.1, 0.15) is 0 Å². The maximum atomic E-state index is 12.3. The van der Waals surface area contributed by atoms with Crippen molar-refractivity contribution in [1.29, 1.82) is 0 Å². The Morgan fingerprint density at radius 1 is 1.21 bits per heavy atom. The predicted molar refractivity (Wildman–Crippen MR) is 92.3 cm³/mol. The molecule has 1 aliphatic rings. The van der Waals surface area contributed by atoms with Crippen molar-refractivity contribution < 1.29 is 17.9 Å². The first-order valence-electron chi connectivity index (χ1n) is 8.19. The third-order valence-corrected chi connectivity index (χ3v) is 5.65. The Kier molecular flexibility index (Phi) is 6.01. The number of aryl methyl sites for hydroxylation is 2. The van der Waals surface area contributed by atoms with E-state index >= 15 is 0 Å². The maximum absolute atomic E-state index is 12.3. The second-order valence-electron chi connectivity index (χ2n) is 6.45. The number of carbonyl (C=O) groups is 1. The number of nitrogens with zero attached hydrogens (tertiary/aromatic N) is 1. The van der Waals surface area contributed by atoms with Crippen LogP contribution >= 0.6 is 0 Å². The summed E-state index contributed by atoms with van der Waals surface area (Å²) in [5.74, 6) is -0.0558. The van der Waals surface area contributed by atoms with E-state index in [-0.39, 0.29) is 36.0 Å². The van der Waals surface area contributed by atoms with Crippen LogP contribution in [0.5, 0.6) is 0 Å². The van der Waals surface area contributed by atoms with Gasteiger partial charge in [-0.15, -0.1) is 0 Å². The Morgan fingerprint density at radius 2 is 1.83 bits per heavy atom. The Hall–Kier alpha value is -1.44. The van der Waals surface area contributed by atoms with E-state index in [4.69, 9.17) is 4.74 Å². The molecule has 0 aliphatic carbocycles. The van der Waals surface area contributed by atoms with E-state index in [1.807, 2.05) is 27.7 Å². The summed E-state index contributed by atoms with van der Waals surface area (Å²) in [6.45, 7) is 8.85. The van der Waals surface area contributed by atoms with Gasteiger partial charge in [0, 0.05) is 26.1 Å². The second-order valence-corrected chi connectivity index (χ2v) is 8.22. The van der Waals surface area contributed by atoms with Crippen molar-refractivity contribution in [3.63, 3.8) is 0 Å². The minimum absolute atomic E-state index is 0.00456. The molecule has 0 saturated carbocycles. The zero-order valence-electron chi connectivity index (χ0n) is 14.7. The summed E-state index contributed by atoms with van der Waals surface area (Å²) < 4.78 is 32.7. The molecule has 134 valence electrons. The molecule has 1 aromatic rings. The van der Waals surface area contributed by atoms with Crippen molar-refractivity contribution in [2.45, 2.75) is 51.2 Å². The van der Waals surface area contributed by atoms with Crippen molar-refractivity contribution in [1.82, 2.24) is 9.62 Å². The molecule has 1 amide bonds. The van der Waals surface area contributed by atoms with Crippen LogP contribution in [0.15, 0.2) is 23.1 Å². The Balaban J connectivity index is 1.90. The normalized spacial score (nSPS) is 21.8. The van der Waals surface area contributed by atoms with E-state index in [9.17, 15) is 13.2 Å². The molecule has 1 saturated heterocycles. The molecule has 0 bridgehead atoms. The van der Waals surface area contributed by atoms with Gasteiger partial charge in [0.25, 0.3) is 0 Å². The first kappa shape index (κ1) is 18.9. The zero-order valence-corrected chi connectivity index (χ0v) is 15.5. The Bertz CT molecular complexity index is 693. The molecule has 0 radical (unpaired) electrons. The SMILES string of the molecule is Cc1ccc(S(=O)(=O)NCCC(=O)N2C[C@H](C)O[C@@H](C)C2)cc1C. The van der Waals surface area contributed by atoms with E-state index in [2.05, 4.69) is 4.72 Å². The molecule has 1 fully saturated rings. The average molecular weight is 354 g/mol. The number of carbonyl (C=O) groups excluding carboxylic acids is 1. The van der Waals surface area contributed by atoms with Crippen LogP contribution in [-0.4, -0.2) is 51.1 Å². The molecule has 1 N–H and O–H groups in total. The Labute approximate surface area is 144 Å². The van der Waals surface area contributed by atoms with Crippen LogP contribution in [0.4, 0.5) is 0 Å². The number of hydrogen-bond donors (Lipinski definition) is 1. The lowest BCUT2D eigenvalue weighted by atomic mass is 10.1. The topological polar surface area (TPSA) is 75.7 Å². The van der Waals surface area contributed by atoms with Crippen molar-refractivity contribution >= 4 is 15.9 Å². The molecule has 1 aromatic carbocycles. The number of morpholine rings is 1. The highest BCUT2D eigenvalue weighted by atomic mass is 32.2. The summed E-state index contributed by atoms with van der Waals surface area (Å²) in [6.07, 6.45) is 0.151. The lowest BCUT2D eigenvalue weighted by Crippen LogP contribution is -2.48. The van der Waals surface area contributed by atoms with E-state index in [0.29, 0.717) is 13.1 Å². The molecule has 1 aliphatic heterocycles. The third-order valence-electron chi connectivity index (χ3n) is 4.19. The summed E-state index contributed by atoms with van der Waals surface area (Å²) in [7, 11) is -3.59. The quantitative estimate of drug-likeness (QED) is 0.872. The van der Waals surface area contributed by atoms with Crippen molar-refractivity contribution in [2.24, 2.45) is 0 Å². The highest BCUT2D eigenvalue weighted by molar-refractivity contribution is 7.89. The summed E-state index contributed by atoms with van der Waals surface area (Å²) >= 11 is 0. The number of hydrogen-bond acceptors (Lipinski definition) is 4. The van der Waals surface area contributed by atoms with Gasteiger partial charge in [0.2, 0.25) is 15.9 Å². The maximum Gasteiger partial charge on any atom is 0.240 e. The van der Waals surface area contributed by atoms with E-state index in [1.165, 1.54) is 0 Å².